The van der Waals surface area contributed by atoms with Crippen molar-refractivity contribution in [2.45, 2.75) is 74.6 Å². The van der Waals surface area contributed by atoms with Gasteiger partial charge in [-0.2, -0.15) is 0 Å². The van der Waals surface area contributed by atoms with Crippen LogP contribution >= 0.6 is 0 Å². The van der Waals surface area contributed by atoms with Crippen LogP contribution in [0.3, 0.4) is 0 Å². The van der Waals surface area contributed by atoms with Gasteiger partial charge in [0.25, 0.3) is 0 Å². The number of hydrogen-bond acceptors (Lipinski definition) is 10. The maximum atomic E-state index is 11.0. The third kappa shape index (κ3) is 2.86. The molecule has 0 amide bonds. The summed E-state index contributed by atoms with van der Waals surface area (Å²) in [6, 6.07) is 0. The Hall–Kier alpha value is -0.820. The maximum Gasteiger partial charge on any atom is 0.210 e. The molecule has 0 aromatic rings. The maximum absolute atomic E-state index is 11.0. The highest BCUT2D eigenvalue weighted by Gasteiger charge is 2.66. The van der Waals surface area contributed by atoms with Crippen molar-refractivity contribution in [3.05, 3.63) is 11.8 Å². The Labute approximate surface area is 149 Å². The van der Waals surface area contributed by atoms with Gasteiger partial charge in [-0.05, 0) is 19.4 Å². The van der Waals surface area contributed by atoms with Gasteiger partial charge in [0.05, 0.1) is 30.5 Å². The molecule has 0 spiro atoms. The molecule has 1 saturated carbocycles. The first kappa shape index (κ1) is 19.9. The lowest BCUT2D eigenvalue weighted by atomic mass is 9.77. The lowest BCUT2D eigenvalue weighted by Crippen LogP contribution is -2.62. The first-order chi connectivity index (χ1) is 12.0. The predicted molar refractivity (Wildman–Crippen MR) is 83.2 cm³/mol. The number of aliphatic hydroxyl groups excluding tert-OH is 5. The van der Waals surface area contributed by atoms with E-state index in [4.69, 9.17) is 14.2 Å². The molecule has 3 aliphatic rings. The molecule has 2 heterocycles. The molecule has 2 aliphatic heterocycles. The first-order valence-corrected chi connectivity index (χ1v) is 8.45. The average molecular weight is 378 g/mol. The van der Waals surface area contributed by atoms with Crippen LogP contribution in [0.15, 0.2) is 11.8 Å². The summed E-state index contributed by atoms with van der Waals surface area (Å²) in [6.45, 7) is 2.34. The van der Waals surface area contributed by atoms with Gasteiger partial charge >= 0.3 is 0 Å². The van der Waals surface area contributed by atoms with Gasteiger partial charge in [0.15, 0.2) is 6.29 Å². The van der Waals surface area contributed by atoms with Crippen LogP contribution in [0.2, 0.25) is 0 Å². The molecule has 1 aliphatic carbocycles. The quantitative estimate of drug-likeness (QED) is 0.267. The highest BCUT2D eigenvalue weighted by molar-refractivity contribution is 5.28. The van der Waals surface area contributed by atoms with Crippen LogP contribution in [0.4, 0.5) is 0 Å². The van der Waals surface area contributed by atoms with Crippen LogP contribution in [0, 0.1) is 5.92 Å². The molecule has 0 radical (unpaired) electrons. The molecule has 2 fully saturated rings. The van der Waals surface area contributed by atoms with Gasteiger partial charge < -0.3 is 50.0 Å². The molecule has 10 nitrogen and oxygen atoms in total. The molecule has 10 heteroatoms. The Bertz CT molecular complexity index is 563. The normalized spacial score (nSPS) is 54.4. The zero-order valence-electron chi connectivity index (χ0n) is 14.5. The molecule has 10 atom stereocenters. The van der Waals surface area contributed by atoms with E-state index in [2.05, 4.69) is 0 Å². The number of aliphatic hydroxyl groups is 7. The largest absolute Gasteiger partial charge is 0.472 e. The van der Waals surface area contributed by atoms with Crippen LogP contribution < -0.4 is 0 Å². The SMILES string of the molecule is CC1=CO[C@H](O[C@@H]2O[C@@H](CO)[C@@H](O)[C@@H](O)[C@H]2O)[C@H]2[C@]1(O)[C@@H](O)C[C@@]2(C)O. The molecule has 3 rings (SSSR count). The summed E-state index contributed by atoms with van der Waals surface area (Å²) in [7, 11) is 0. The number of hydrogen-bond donors (Lipinski definition) is 7. The Balaban J connectivity index is 1.85. The number of rotatable bonds is 3. The monoisotopic (exact) mass is 378 g/mol. The third-order valence-corrected chi connectivity index (χ3v) is 5.66. The van der Waals surface area contributed by atoms with Crippen molar-refractivity contribution in [2.24, 2.45) is 5.92 Å². The number of ether oxygens (including phenoxy) is 3. The van der Waals surface area contributed by atoms with Gasteiger partial charge in [0, 0.05) is 6.42 Å². The van der Waals surface area contributed by atoms with Gasteiger partial charge in [-0.1, -0.05) is 0 Å². The van der Waals surface area contributed by atoms with Crippen molar-refractivity contribution in [1.29, 1.82) is 0 Å². The summed E-state index contributed by atoms with van der Waals surface area (Å²) >= 11 is 0. The topological polar surface area (TPSA) is 169 Å². The highest BCUT2D eigenvalue weighted by Crippen LogP contribution is 2.52. The molecule has 7 N–H and O–H groups in total. The van der Waals surface area contributed by atoms with Gasteiger partial charge in [0.1, 0.15) is 30.0 Å². The average Bonchev–Trinajstić information content (AvgIpc) is 2.77. The van der Waals surface area contributed by atoms with Crippen LogP contribution in [-0.4, -0.2) is 96.7 Å². The molecule has 26 heavy (non-hydrogen) atoms. The van der Waals surface area contributed by atoms with Crippen LogP contribution in [0.1, 0.15) is 20.3 Å². The van der Waals surface area contributed by atoms with Crippen molar-refractivity contribution in [1.82, 2.24) is 0 Å². The summed E-state index contributed by atoms with van der Waals surface area (Å²) < 4.78 is 16.3. The van der Waals surface area contributed by atoms with Crippen LogP contribution in [0.25, 0.3) is 0 Å². The van der Waals surface area contributed by atoms with E-state index in [-0.39, 0.29) is 6.42 Å². The van der Waals surface area contributed by atoms with Crippen LogP contribution in [-0.2, 0) is 14.2 Å². The van der Waals surface area contributed by atoms with E-state index in [0.29, 0.717) is 5.57 Å². The minimum absolute atomic E-state index is 0.128. The molecule has 150 valence electrons. The summed E-state index contributed by atoms with van der Waals surface area (Å²) in [5.74, 6) is -1.11. The summed E-state index contributed by atoms with van der Waals surface area (Å²) in [5.41, 5.74) is -3.05. The van der Waals surface area contributed by atoms with E-state index < -0.39 is 66.8 Å². The second-order valence-corrected chi connectivity index (χ2v) is 7.52. The van der Waals surface area contributed by atoms with Crippen LogP contribution in [0.5, 0.6) is 0 Å². The molecule has 0 unspecified atom stereocenters. The Kier molecular flexibility index (Phi) is 5.10. The second-order valence-electron chi connectivity index (χ2n) is 7.52. The van der Waals surface area contributed by atoms with Gasteiger partial charge in [0.2, 0.25) is 6.29 Å². The van der Waals surface area contributed by atoms with E-state index in [1.54, 1.807) is 6.92 Å². The lowest BCUT2D eigenvalue weighted by Gasteiger charge is -2.46. The van der Waals surface area contributed by atoms with E-state index in [1.165, 1.54) is 13.2 Å². The minimum Gasteiger partial charge on any atom is -0.472 e. The lowest BCUT2D eigenvalue weighted by molar-refractivity contribution is -0.352. The van der Waals surface area contributed by atoms with Crippen molar-refractivity contribution < 1.29 is 50.0 Å². The fourth-order valence-electron chi connectivity index (χ4n) is 4.13. The van der Waals surface area contributed by atoms with Crippen molar-refractivity contribution in [3.8, 4) is 0 Å². The minimum atomic E-state index is -1.81. The summed E-state index contributed by atoms with van der Waals surface area (Å²) in [4.78, 5) is 0. The van der Waals surface area contributed by atoms with Crippen molar-refractivity contribution in [2.75, 3.05) is 6.61 Å². The molecule has 0 aromatic carbocycles. The Morgan fingerprint density at radius 2 is 1.77 bits per heavy atom. The van der Waals surface area contributed by atoms with E-state index in [0.717, 1.165) is 0 Å². The van der Waals surface area contributed by atoms with Crippen molar-refractivity contribution in [3.63, 3.8) is 0 Å². The fraction of sp³-hybridized carbons (Fsp3) is 0.875. The molecular formula is C16H26O10. The Morgan fingerprint density at radius 3 is 2.38 bits per heavy atom. The molecular weight excluding hydrogens is 352 g/mol. The van der Waals surface area contributed by atoms with Gasteiger partial charge in [-0.25, -0.2) is 0 Å². The smallest absolute Gasteiger partial charge is 0.210 e. The highest BCUT2D eigenvalue weighted by atomic mass is 16.8. The summed E-state index contributed by atoms with van der Waals surface area (Å²) in [5, 5.41) is 70.9. The zero-order chi connectivity index (χ0) is 19.4. The molecule has 0 aromatic heterocycles. The van der Waals surface area contributed by atoms with E-state index in [1.807, 2.05) is 0 Å². The molecule has 1 saturated heterocycles. The third-order valence-electron chi connectivity index (χ3n) is 5.66. The second kappa shape index (κ2) is 6.66. The standard InChI is InChI=1S/C16H26O10/c1-6-5-24-14(12-15(2,22)3-8(18)16(6,12)23)26-13-11(21)10(20)9(19)7(4-17)25-13/h5,7-14,17-23H,3-4H2,1-2H3/t7-,8-,9+,10+,11+,12+,13-,14+,15+,16+/m0/s1. The predicted octanol–water partition coefficient (Wildman–Crippen LogP) is -3.07. The molecule has 0 bridgehead atoms. The first-order valence-electron chi connectivity index (χ1n) is 8.45. The number of fused-ring (bicyclic) bond motifs is 1. The Morgan fingerprint density at radius 1 is 1.12 bits per heavy atom. The van der Waals surface area contributed by atoms with E-state index in [9.17, 15) is 35.7 Å². The fourth-order valence-corrected chi connectivity index (χ4v) is 4.13. The summed E-state index contributed by atoms with van der Waals surface area (Å²) in [6.07, 6.45) is -9.04. The van der Waals surface area contributed by atoms with Crippen molar-refractivity contribution >= 4 is 0 Å². The van der Waals surface area contributed by atoms with Gasteiger partial charge in [-0.15, -0.1) is 0 Å². The zero-order valence-corrected chi connectivity index (χ0v) is 14.5. The van der Waals surface area contributed by atoms with Gasteiger partial charge in [-0.3, -0.25) is 0 Å². The van der Waals surface area contributed by atoms with E-state index >= 15 is 0 Å².